The van der Waals surface area contributed by atoms with Gasteiger partial charge in [-0.25, -0.2) is 0 Å². The van der Waals surface area contributed by atoms with Gasteiger partial charge in [-0.05, 0) is 33.3 Å². The lowest BCUT2D eigenvalue weighted by molar-refractivity contribution is 0.235. The molecule has 0 aliphatic heterocycles. The van der Waals surface area contributed by atoms with Crippen molar-refractivity contribution < 1.29 is 9.47 Å². The number of ether oxygens (including phenoxy) is 2. The van der Waals surface area contributed by atoms with Gasteiger partial charge in [0.15, 0.2) is 17.6 Å². The molecule has 4 nitrogen and oxygen atoms in total. The molecule has 0 aliphatic carbocycles. The van der Waals surface area contributed by atoms with Crippen molar-refractivity contribution in [3.05, 3.63) is 23.8 Å². The molecule has 0 heterocycles. The molecule has 4 heteroatoms. The molecular formula is C16H24N2O2. The van der Waals surface area contributed by atoms with Crippen LogP contribution >= 0.6 is 0 Å². The highest BCUT2D eigenvalue weighted by Gasteiger charge is 2.17. The van der Waals surface area contributed by atoms with E-state index in [-0.39, 0.29) is 5.54 Å². The second-order valence-corrected chi connectivity index (χ2v) is 5.70. The van der Waals surface area contributed by atoms with E-state index in [2.05, 4.69) is 32.2 Å². The van der Waals surface area contributed by atoms with E-state index in [1.165, 1.54) is 0 Å². The van der Waals surface area contributed by atoms with E-state index >= 15 is 0 Å². The fourth-order valence-corrected chi connectivity index (χ4v) is 1.70. The van der Waals surface area contributed by atoms with E-state index in [1.807, 2.05) is 25.1 Å². The van der Waals surface area contributed by atoms with E-state index in [1.54, 1.807) is 7.11 Å². The lowest BCUT2D eigenvalue weighted by Gasteiger charge is -2.23. The number of benzene rings is 1. The van der Waals surface area contributed by atoms with Crippen LogP contribution in [0.3, 0.4) is 0 Å². The van der Waals surface area contributed by atoms with Gasteiger partial charge < -0.3 is 14.8 Å². The number of para-hydroxylation sites is 1. The fraction of sp³-hybridized carbons (Fsp3) is 0.562. The summed E-state index contributed by atoms with van der Waals surface area (Å²) in [5, 5.41) is 12.5. The Balaban J connectivity index is 3.01. The SMILES string of the molecule is CCC(C#N)Oc1c(CNC(C)(C)C)cccc1OC. The number of hydrogen-bond donors (Lipinski definition) is 1. The van der Waals surface area contributed by atoms with E-state index in [0.717, 1.165) is 5.56 Å². The molecule has 110 valence electrons. The molecule has 0 aliphatic rings. The van der Waals surface area contributed by atoms with Crippen molar-refractivity contribution in [2.45, 2.75) is 52.3 Å². The van der Waals surface area contributed by atoms with Gasteiger partial charge in [0.05, 0.1) is 7.11 Å². The van der Waals surface area contributed by atoms with Crippen LogP contribution < -0.4 is 14.8 Å². The van der Waals surface area contributed by atoms with Gasteiger partial charge in [0, 0.05) is 17.6 Å². The quantitative estimate of drug-likeness (QED) is 0.866. The minimum atomic E-state index is -0.459. The van der Waals surface area contributed by atoms with Gasteiger partial charge >= 0.3 is 0 Å². The monoisotopic (exact) mass is 276 g/mol. The van der Waals surface area contributed by atoms with Gasteiger partial charge in [-0.3, -0.25) is 0 Å². The van der Waals surface area contributed by atoms with E-state index in [4.69, 9.17) is 14.7 Å². The molecule has 0 saturated carbocycles. The first-order chi connectivity index (χ1) is 9.41. The highest BCUT2D eigenvalue weighted by molar-refractivity contribution is 5.47. The van der Waals surface area contributed by atoms with Crippen LogP contribution in [0.2, 0.25) is 0 Å². The molecule has 0 spiro atoms. The van der Waals surface area contributed by atoms with E-state index in [0.29, 0.717) is 24.5 Å². The topological polar surface area (TPSA) is 54.3 Å². The molecule has 0 radical (unpaired) electrons. The summed E-state index contributed by atoms with van der Waals surface area (Å²) in [6, 6.07) is 7.92. The zero-order valence-electron chi connectivity index (χ0n) is 13.0. The van der Waals surface area contributed by atoms with Crippen LogP contribution in [-0.2, 0) is 6.54 Å². The van der Waals surface area contributed by atoms with Crippen LogP contribution in [0.5, 0.6) is 11.5 Å². The number of rotatable bonds is 6. The molecule has 0 amide bonds. The first-order valence-electron chi connectivity index (χ1n) is 6.88. The van der Waals surface area contributed by atoms with Crippen molar-refractivity contribution in [1.82, 2.24) is 5.32 Å². The molecule has 20 heavy (non-hydrogen) atoms. The summed E-state index contributed by atoms with van der Waals surface area (Å²) in [5.41, 5.74) is 1.01. The Morgan fingerprint density at radius 3 is 2.55 bits per heavy atom. The predicted octanol–water partition coefficient (Wildman–Crippen LogP) is 3.26. The molecular weight excluding hydrogens is 252 g/mol. The van der Waals surface area contributed by atoms with Gasteiger partial charge in [0.25, 0.3) is 0 Å². The largest absolute Gasteiger partial charge is 0.493 e. The molecule has 1 atom stereocenters. The van der Waals surface area contributed by atoms with Crippen molar-refractivity contribution in [2.75, 3.05) is 7.11 Å². The third kappa shape index (κ3) is 4.75. The lowest BCUT2D eigenvalue weighted by atomic mass is 10.1. The molecule has 1 aromatic rings. The summed E-state index contributed by atoms with van der Waals surface area (Å²) >= 11 is 0. The van der Waals surface area contributed by atoms with Crippen LogP contribution in [0.15, 0.2) is 18.2 Å². The van der Waals surface area contributed by atoms with Crippen molar-refractivity contribution in [3.8, 4) is 17.6 Å². The van der Waals surface area contributed by atoms with Crippen molar-refractivity contribution in [3.63, 3.8) is 0 Å². The highest BCUT2D eigenvalue weighted by Crippen LogP contribution is 2.32. The van der Waals surface area contributed by atoms with Crippen LogP contribution in [0.1, 0.15) is 39.7 Å². The smallest absolute Gasteiger partial charge is 0.184 e. The summed E-state index contributed by atoms with van der Waals surface area (Å²) < 4.78 is 11.2. The average molecular weight is 276 g/mol. The van der Waals surface area contributed by atoms with E-state index < -0.39 is 6.10 Å². The Labute approximate surface area is 121 Å². The minimum absolute atomic E-state index is 0.0136. The molecule has 1 rings (SSSR count). The van der Waals surface area contributed by atoms with E-state index in [9.17, 15) is 0 Å². The van der Waals surface area contributed by atoms with Crippen LogP contribution in [0.25, 0.3) is 0 Å². The second kappa shape index (κ2) is 7.16. The predicted molar refractivity (Wildman–Crippen MR) is 79.9 cm³/mol. The van der Waals surface area contributed by atoms with Crippen molar-refractivity contribution in [2.24, 2.45) is 0 Å². The molecule has 0 aromatic heterocycles. The summed E-state index contributed by atoms with van der Waals surface area (Å²) in [4.78, 5) is 0. The summed E-state index contributed by atoms with van der Waals surface area (Å²) in [7, 11) is 1.61. The molecule has 1 aromatic carbocycles. The zero-order chi connectivity index (χ0) is 15.2. The molecule has 0 saturated heterocycles. The summed E-state index contributed by atoms with van der Waals surface area (Å²) in [6.45, 7) is 8.92. The maximum atomic E-state index is 9.07. The van der Waals surface area contributed by atoms with Crippen LogP contribution in [0.4, 0.5) is 0 Å². The fourth-order valence-electron chi connectivity index (χ4n) is 1.70. The summed E-state index contributed by atoms with van der Waals surface area (Å²) in [6.07, 6.45) is 0.181. The Bertz CT molecular complexity index is 472. The average Bonchev–Trinajstić information content (AvgIpc) is 2.41. The molecule has 0 bridgehead atoms. The number of hydrogen-bond acceptors (Lipinski definition) is 4. The number of nitrogens with zero attached hydrogens (tertiary/aromatic N) is 1. The minimum Gasteiger partial charge on any atom is -0.493 e. The number of nitriles is 1. The first-order valence-corrected chi connectivity index (χ1v) is 6.88. The Hall–Kier alpha value is -1.73. The molecule has 0 fully saturated rings. The first kappa shape index (κ1) is 16.3. The summed E-state index contributed by atoms with van der Waals surface area (Å²) in [5.74, 6) is 1.31. The maximum absolute atomic E-state index is 9.07. The van der Waals surface area contributed by atoms with Crippen LogP contribution in [-0.4, -0.2) is 18.8 Å². The van der Waals surface area contributed by atoms with Gasteiger partial charge in [0.2, 0.25) is 0 Å². The number of methoxy groups -OCH3 is 1. The Morgan fingerprint density at radius 2 is 2.05 bits per heavy atom. The maximum Gasteiger partial charge on any atom is 0.184 e. The Morgan fingerprint density at radius 1 is 1.35 bits per heavy atom. The van der Waals surface area contributed by atoms with Gasteiger partial charge in [-0.2, -0.15) is 5.26 Å². The molecule has 1 unspecified atom stereocenters. The second-order valence-electron chi connectivity index (χ2n) is 5.70. The number of nitrogens with one attached hydrogen (secondary N) is 1. The van der Waals surface area contributed by atoms with Crippen molar-refractivity contribution in [1.29, 1.82) is 5.26 Å². The van der Waals surface area contributed by atoms with Gasteiger partial charge in [-0.1, -0.05) is 19.1 Å². The highest BCUT2D eigenvalue weighted by atomic mass is 16.5. The van der Waals surface area contributed by atoms with Crippen LogP contribution in [0, 0.1) is 11.3 Å². The zero-order valence-corrected chi connectivity index (χ0v) is 13.0. The van der Waals surface area contributed by atoms with Gasteiger partial charge in [-0.15, -0.1) is 0 Å². The molecule has 1 N–H and O–H groups in total. The van der Waals surface area contributed by atoms with Crippen molar-refractivity contribution >= 4 is 0 Å². The normalized spacial score (nSPS) is 12.6. The lowest BCUT2D eigenvalue weighted by Crippen LogP contribution is -2.35. The Kier molecular flexibility index (Phi) is 5.84. The standard InChI is InChI=1S/C16H24N2O2/c1-6-13(10-17)20-15-12(11-18-16(2,3)4)8-7-9-14(15)19-5/h7-9,13,18H,6,11H2,1-5H3. The van der Waals surface area contributed by atoms with Gasteiger partial charge in [0.1, 0.15) is 6.07 Å². The third-order valence-electron chi connectivity index (χ3n) is 2.86. The third-order valence-corrected chi connectivity index (χ3v) is 2.86.